The number of hydrogen-bond donors (Lipinski definition) is 2. The summed E-state index contributed by atoms with van der Waals surface area (Å²) in [7, 11) is 0. The lowest BCUT2D eigenvalue weighted by atomic mass is 10.0. The second-order valence-corrected chi connectivity index (χ2v) is 8.64. The summed E-state index contributed by atoms with van der Waals surface area (Å²) in [5.41, 5.74) is 2.65. The molecule has 8 heteroatoms. The van der Waals surface area contributed by atoms with Crippen LogP contribution >= 0.6 is 39.5 Å². The molecular formula is C20H17BrN4OS2. The molecule has 0 saturated carbocycles. The molecule has 142 valence electrons. The molecule has 1 aliphatic heterocycles. The van der Waals surface area contributed by atoms with Crippen molar-refractivity contribution in [3.05, 3.63) is 75.2 Å². The minimum atomic E-state index is -0.0948. The van der Waals surface area contributed by atoms with Crippen molar-refractivity contribution >= 4 is 61.9 Å². The highest BCUT2D eigenvalue weighted by molar-refractivity contribution is 9.10. The first-order valence-corrected chi connectivity index (χ1v) is 10.7. The fourth-order valence-corrected chi connectivity index (χ4v) is 5.23. The lowest BCUT2D eigenvalue weighted by Gasteiger charge is -2.27. The summed E-state index contributed by atoms with van der Waals surface area (Å²) in [6.45, 7) is 1.50. The van der Waals surface area contributed by atoms with Gasteiger partial charge in [-0.1, -0.05) is 6.07 Å². The Balaban J connectivity index is 1.74. The average molecular weight is 473 g/mol. The van der Waals surface area contributed by atoms with E-state index in [9.17, 15) is 4.79 Å². The molecule has 1 saturated heterocycles. The largest absolute Gasteiger partial charge is 0.351 e. The van der Waals surface area contributed by atoms with E-state index in [1.807, 2.05) is 42.5 Å². The van der Waals surface area contributed by atoms with Crippen molar-refractivity contribution < 1.29 is 4.79 Å². The molecular weight excluding hydrogens is 456 g/mol. The summed E-state index contributed by atoms with van der Waals surface area (Å²) in [6, 6.07) is 15.7. The molecule has 1 aliphatic rings. The van der Waals surface area contributed by atoms with Crippen LogP contribution in [-0.4, -0.2) is 16.0 Å². The number of benzene rings is 1. The van der Waals surface area contributed by atoms with Gasteiger partial charge in [0.1, 0.15) is 0 Å². The van der Waals surface area contributed by atoms with Crippen molar-refractivity contribution in [1.29, 1.82) is 0 Å². The Kier molecular flexibility index (Phi) is 5.43. The fourth-order valence-electron chi connectivity index (χ4n) is 3.31. The minimum Gasteiger partial charge on any atom is -0.351 e. The Bertz CT molecular complexity index is 1010. The number of amides is 1. The number of nitrogens with one attached hydrogen (secondary N) is 2. The van der Waals surface area contributed by atoms with Gasteiger partial charge in [0.2, 0.25) is 5.91 Å². The average Bonchev–Trinajstić information content (AvgIpc) is 3.26. The van der Waals surface area contributed by atoms with E-state index < -0.39 is 0 Å². The smallest absolute Gasteiger partial charge is 0.221 e. The molecule has 0 radical (unpaired) electrons. The number of thiophene rings is 1. The minimum absolute atomic E-state index is 0.0229. The molecule has 4 rings (SSSR count). The lowest BCUT2D eigenvalue weighted by Crippen LogP contribution is -2.29. The highest BCUT2D eigenvalue weighted by Gasteiger charge is 2.41. The normalized spacial score (nSPS) is 18.8. The van der Waals surface area contributed by atoms with Gasteiger partial charge in [0.05, 0.1) is 17.8 Å². The monoisotopic (exact) mass is 472 g/mol. The zero-order valence-electron chi connectivity index (χ0n) is 14.9. The first-order valence-electron chi connectivity index (χ1n) is 8.65. The quantitative estimate of drug-likeness (QED) is 0.520. The molecule has 2 atom stereocenters. The van der Waals surface area contributed by atoms with E-state index in [-0.39, 0.29) is 18.0 Å². The summed E-state index contributed by atoms with van der Waals surface area (Å²) in [4.78, 5) is 19.1. The molecule has 1 aromatic carbocycles. The zero-order valence-corrected chi connectivity index (χ0v) is 18.1. The molecule has 5 nitrogen and oxygen atoms in total. The van der Waals surface area contributed by atoms with Crippen molar-refractivity contribution in [2.75, 3.05) is 10.2 Å². The number of pyridine rings is 1. The SMILES string of the molecule is CC(=O)Nc1ccc(N2C(=S)N[C@@H](c3ccccn3)[C@H]2c2cc(Br)cs2)cc1. The van der Waals surface area contributed by atoms with E-state index in [0.29, 0.717) is 5.11 Å². The molecule has 2 N–H and O–H groups in total. The first kappa shape index (κ1) is 19.0. The van der Waals surface area contributed by atoms with Crippen LogP contribution in [-0.2, 0) is 4.79 Å². The number of carbonyl (C=O) groups excluding carboxylic acids is 1. The van der Waals surface area contributed by atoms with Gasteiger partial charge in [-0.05, 0) is 70.6 Å². The third kappa shape index (κ3) is 3.80. The number of halogens is 1. The van der Waals surface area contributed by atoms with E-state index in [1.165, 1.54) is 11.8 Å². The molecule has 1 fully saturated rings. The van der Waals surface area contributed by atoms with Crippen LogP contribution in [0, 0.1) is 0 Å². The number of rotatable bonds is 4. The molecule has 3 heterocycles. The van der Waals surface area contributed by atoms with Crippen molar-refractivity contribution in [1.82, 2.24) is 10.3 Å². The Hall–Kier alpha value is -2.29. The molecule has 0 unspecified atom stereocenters. The summed E-state index contributed by atoms with van der Waals surface area (Å²) in [5.74, 6) is -0.0948. The van der Waals surface area contributed by atoms with Crippen LogP contribution < -0.4 is 15.5 Å². The standard InChI is InChI=1S/C20H17BrN4OS2/c1-12(26)23-14-5-7-15(8-6-14)25-19(17-10-13(21)11-28-17)18(24-20(25)27)16-4-2-3-9-22-16/h2-11,18-19H,1H3,(H,23,26)(H,24,27)/t18-,19+/m0/s1. The number of nitrogens with zero attached hydrogens (tertiary/aromatic N) is 2. The summed E-state index contributed by atoms with van der Waals surface area (Å²) in [6.07, 6.45) is 1.80. The van der Waals surface area contributed by atoms with Gasteiger partial charge in [0.15, 0.2) is 5.11 Å². The maximum Gasteiger partial charge on any atom is 0.221 e. The fraction of sp³-hybridized carbons (Fsp3) is 0.150. The predicted molar refractivity (Wildman–Crippen MR) is 121 cm³/mol. The summed E-state index contributed by atoms with van der Waals surface area (Å²) >= 11 is 10.9. The van der Waals surface area contributed by atoms with Crippen LogP contribution in [0.25, 0.3) is 0 Å². The number of thiocarbonyl (C=S) groups is 1. The zero-order chi connectivity index (χ0) is 19.7. The van der Waals surface area contributed by atoms with Crippen molar-refractivity contribution in [3.63, 3.8) is 0 Å². The lowest BCUT2D eigenvalue weighted by molar-refractivity contribution is -0.114. The van der Waals surface area contributed by atoms with Crippen LogP contribution in [0.5, 0.6) is 0 Å². The molecule has 0 aliphatic carbocycles. The van der Waals surface area contributed by atoms with E-state index >= 15 is 0 Å². The highest BCUT2D eigenvalue weighted by atomic mass is 79.9. The third-order valence-corrected chi connectivity index (χ3v) is 6.52. The van der Waals surface area contributed by atoms with Gasteiger partial charge in [-0.3, -0.25) is 9.78 Å². The van der Waals surface area contributed by atoms with Crippen LogP contribution in [0.1, 0.15) is 29.6 Å². The molecule has 28 heavy (non-hydrogen) atoms. The molecule has 0 bridgehead atoms. The van der Waals surface area contributed by atoms with E-state index in [1.54, 1.807) is 17.5 Å². The second kappa shape index (κ2) is 7.98. The Labute approximate surface area is 180 Å². The molecule has 1 amide bonds. The number of carbonyl (C=O) groups is 1. The van der Waals surface area contributed by atoms with Crippen molar-refractivity contribution in [2.24, 2.45) is 0 Å². The van der Waals surface area contributed by atoms with Gasteiger partial charge in [0, 0.05) is 39.2 Å². The molecule has 2 aromatic heterocycles. The first-order chi connectivity index (χ1) is 13.5. The van der Waals surface area contributed by atoms with E-state index in [4.69, 9.17) is 12.2 Å². The van der Waals surface area contributed by atoms with Gasteiger partial charge in [-0.2, -0.15) is 0 Å². The number of hydrogen-bond acceptors (Lipinski definition) is 4. The van der Waals surface area contributed by atoms with Crippen molar-refractivity contribution in [3.8, 4) is 0 Å². The number of aromatic nitrogens is 1. The van der Waals surface area contributed by atoms with Crippen LogP contribution in [0.4, 0.5) is 11.4 Å². The topological polar surface area (TPSA) is 57.3 Å². The van der Waals surface area contributed by atoms with Gasteiger partial charge in [-0.15, -0.1) is 11.3 Å². The van der Waals surface area contributed by atoms with E-state index in [0.717, 1.165) is 21.5 Å². The van der Waals surface area contributed by atoms with Crippen LogP contribution in [0.3, 0.4) is 0 Å². The highest BCUT2D eigenvalue weighted by Crippen LogP contribution is 2.44. The predicted octanol–water partition coefficient (Wildman–Crippen LogP) is 5.04. The maximum absolute atomic E-state index is 11.3. The van der Waals surface area contributed by atoms with Gasteiger partial charge >= 0.3 is 0 Å². The van der Waals surface area contributed by atoms with E-state index in [2.05, 4.69) is 47.9 Å². The molecule has 3 aromatic rings. The Morgan fingerprint density at radius 2 is 2.07 bits per heavy atom. The summed E-state index contributed by atoms with van der Waals surface area (Å²) < 4.78 is 1.05. The Morgan fingerprint density at radius 3 is 2.68 bits per heavy atom. The summed E-state index contributed by atoms with van der Waals surface area (Å²) in [5, 5.41) is 8.96. The third-order valence-electron chi connectivity index (χ3n) is 4.44. The number of anilines is 2. The second-order valence-electron chi connectivity index (χ2n) is 6.39. The Morgan fingerprint density at radius 1 is 1.29 bits per heavy atom. The van der Waals surface area contributed by atoms with Crippen LogP contribution in [0.2, 0.25) is 0 Å². The maximum atomic E-state index is 11.3. The van der Waals surface area contributed by atoms with Gasteiger partial charge in [-0.25, -0.2) is 0 Å². The van der Waals surface area contributed by atoms with Crippen LogP contribution in [0.15, 0.2) is 64.6 Å². The van der Waals surface area contributed by atoms with Crippen molar-refractivity contribution in [2.45, 2.75) is 19.0 Å². The van der Waals surface area contributed by atoms with Gasteiger partial charge in [0.25, 0.3) is 0 Å². The van der Waals surface area contributed by atoms with Gasteiger partial charge < -0.3 is 15.5 Å². The molecule has 0 spiro atoms.